The lowest BCUT2D eigenvalue weighted by atomic mass is 9.95. The van der Waals surface area contributed by atoms with Crippen LogP contribution >= 0.6 is 27.3 Å². The molecule has 0 saturated carbocycles. The zero-order valence-corrected chi connectivity index (χ0v) is 11.7. The van der Waals surface area contributed by atoms with Crippen molar-refractivity contribution < 1.29 is 0 Å². The summed E-state index contributed by atoms with van der Waals surface area (Å²) in [6, 6.07) is 8.37. The molecule has 2 N–H and O–H groups in total. The van der Waals surface area contributed by atoms with Crippen LogP contribution in [-0.4, -0.2) is 0 Å². The SMILES string of the molecule is Cc1cccc(C(N)c2csc(Br)c2)c1C. The van der Waals surface area contributed by atoms with Gasteiger partial charge in [0.05, 0.1) is 9.83 Å². The Morgan fingerprint density at radius 3 is 2.69 bits per heavy atom. The minimum absolute atomic E-state index is 0.0255. The van der Waals surface area contributed by atoms with Gasteiger partial charge in [0.25, 0.3) is 0 Å². The van der Waals surface area contributed by atoms with Crippen LogP contribution in [0.3, 0.4) is 0 Å². The van der Waals surface area contributed by atoms with E-state index in [1.165, 1.54) is 22.3 Å². The molecule has 1 aromatic heterocycles. The summed E-state index contributed by atoms with van der Waals surface area (Å²) in [5.74, 6) is 0. The van der Waals surface area contributed by atoms with E-state index in [1.54, 1.807) is 11.3 Å². The molecule has 1 atom stereocenters. The highest BCUT2D eigenvalue weighted by atomic mass is 79.9. The lowest BCUT2D eigenvalue weighted by Gasteiger charge is -2.15. The average Bonchev–Trinajstić information content (AvgIpc) is 2.68. The van der Waals surface area contributed by atoms with Crippen molar-refractivity contribution in [1.29, 1.82) is 0 Å². The molecule has 0 aliphatic heterocycles. The zero-order valence-electron chi connectivity index (χ0n) is 9.33. The van der Waals surface area contributed by atoms with Gasteiger partial charge in [-0.3, -0.25) is 0 Å². The molecule has 1 aromatic carbocycles. The summed E-state index contributed by atoms with van der Waals surface area (Å²) in [4.78, 5) is 0. The molecular weight excluding hydrogens is 282 g/mol. The fourth-order valence-electron chi connectivity index (χ4n) is 1.78. The second kappa shape index (κ2) is 4.70. The van der Waals surface area contributed by atoms with E-state index >= 15 is 0 Å². The fraction of sp³-hybridized carbons (Fsp3) is 0.231. The van der Waals surface area contributed by atoms with Crippen molar-refractivity contribution in [3.8, 4) is 0 Å². The molecule has 0 saturated heterocycles. The number of rotatable bonds is 2. The molecule has 0 spiro atoms. The summed E-state index contributed by atoms with van der Waals surface area (Å²) in [5.41, 5.74) is 11.3. The van der Waals surface area contributed by atoms with Gasteiger partial charge in [-0.05, 0) is 63.5 Å². The number of thiophene rings is 1. The maximum absolute atomic E-state index is 6.29. The summed E-state index contributed by atoms with van der Waals surface area (Å²) < 4.78 is 1.13. The number of halogens is 1. The van der Waals surface area contributed by atoms with Crippen LogP contribution in [0.5, 0.6) is 0 Å². The quantitative estimate of drug-likeness (QED) is 0.884. The van der Waals surface area contributed by atoms with Crippen molar-refractivity contribution in [2.75, 3.05) is 0 Å². The van der Waals surface area contributed by atoms with E-state index in [4.69, 9.17) is 5.73 Å². The highest BCUT2D eigenvalue weighted by Crippen LogP contribution is 2.29. The number of nitrogens with two attached hydrogens (primary N) is 1. The molecule has 1 unspecified atom stereocenters. The first-order chi connectivity index (χ1) is 7.59. The Labute approximate surface area is 108 Å². The predicted molar refractivity (Wildman–Crippen MR) is 74.0 cm³/mol. The van der Waals surface area contributed by atoms with E-state index < -0.39 is 0 Å². The monoisotopic (exact) mass is 295 g/mol. The lowest BCUT2D eigenvalue weighted by Crippen LogP contribution is -2.12. The average molecular weight is 296 g/mol. The molecule has 2 rings (SSSR count). The Hall–Kier alpha value is -0.640. The number of benzene rings is 1. The molecule has 0 radical (unpaired) electrons. The van der Waals surface area contributed by atoms with Gasteiger partial charge >= 0.3 is 0 Å². The molecule has 2 aromatic rings. The first kappa shape index (κ1) is 11.8. The second-order valence-corrected chi connectivity index (χ2v) is 6.24. The Morgan fingerprint density at radius 1 is 1.31 bits per heavy atom. The maximum atomic E-state index is 6.29. The van der Waals surface area contributed by atoms with Crippen LogP contribution in [0.1, 0.15) is 28.3 Å². The molecule has 1 nitrogen and oxygen atoms in total. The molecule has 1 heterocycles. The third-order valence-corrected chi connectivity index (χ3v) is 4.45. The highest BCUT2D eigenvalue weighted by Gasteiger charge is 2.13. The van der Waals surface area contributed by atoms with Gasteiger partial charge in [0.1, 0.15) is 0 Å². The first-order valence-corrected chi connectivity index (χ1v) is 6.82. The first-order valence-electron chi connectivity index (χ1n) is 5.15. The summed E-state index contributed by atoms with van der Waals surface area (Å²) in [5, 5.41) is 2.11. The Morgan fingerprint density at radius 2 is 2.06 bits per heavy atom. The van der Waals surface area contributed by atoms with Gasteiger partial charge in [0.15, 0.2) is 0 Å². The van der Waals surface area contributed by atoms with Crippen LogP contribution in [0.25, 0.3) is 0 Å². The van der Waals surface area contributed by atoms with E-state index in [9.17, 15) is 0 Å². The van der Waals surface area contributed by atoms with Crippen LogP contribution in [-0.2, 0) is 0 Å². The van der Waals surface area contributed by atoms with E-state index in [0.29, 0.717) is 0 Å². The molecule has 0 aliphatic carbocycles. The van der Waals surface area contributed by atoms with Crippen LogP contribution in [0.2, 0.25) is 0 Å². The van der Waals surface area contributed by atoms with Crippen molar-refractivity contribution in [1.82, 2.24) is 0 Å². The van der Waals surface area contributed by atoms with Crippen molar-refractivity contribution in [2.24, 2.45) is 5.73 Å². The van der Waals surface area contributed by atoms with Gasteiger partial charge in [-0.25, -0.2) is 0 Å². The highest BCUT2D eigenvalue weighted by molar-refractivity contribution is 9.11. The van der Waals surface area contributed by atoms with Crippen LogP contribution < -0.4 is 5.73 Å². The van der Waals surface area contributed by atoms with E-state index in [-0.39, 0.29) is 6.04 Å². The number of hydrogen-bond donors (Lipinski definition) is 1. The third kappa shape index (κ3) is 2.21. The largest absolute Gasteiger partial charge is 0.320 e. The predicted octanol–water partition coefficient (Wildman–Crippen LogP) is 4.18. The van der Waals surface area contributed by atoms with Crippen molar-refractivity contribution in [3.63, 3.8) is 0 Å². The van der Waals surface area contributed by atoms with Crippen molar-refractivity contribution in [2.45, 2.75) is 19.9 Å². The number of hydrogen-bond acceptors (Lipinski definition) is 2. The Balaban J connectivity index is 2.41. The van der Waals surface area contributed by atoms with Crippen LogP contribution in [0.4, 0.5) is 0 Å². The van der Waals surface area contributed by atoms with Crippen molar-refractivity contribution >= 4 is 27.3 Å². The van der Waals surface area contributed by atoms with Crippen molar-refractivity contribution in [3.05, 3.63) is 55.7 Å². The molecule has 0 aliphatic rings. The van der Waals surface area contributed by atoms with Gasteiger partial charge in [0.2, 0.25) is 0 Å². The summed E-state index contributed by atoms with van der Waals surface area (Å²) >= 11 is 5.14. The van der Waals surface area contributed by atoms with E-state index in [2.05, 4.69) is 59.4 Å². The van der Waals surface area contributed by atoms with Gasteiger partial charge in [0, 0.05) is 0 Å². The summed E-state index contributed by atoms with van der Waals surface area (Å²) in [6.07, 6.45) is 0. The summed E-state index contributed by atoms with van der Waals surface area (Å²) in [7, 11) is 0. The molecule has 84 valence electrons. The Bertz CT molecular complexity index is 504. The van der Waals surface area contributed by atoms with E-state index in [1.807, 2.05) is 0 Å². The molecule has 0 amide bonds. The molecule has 16 heavy (non-hydrogen) atoms. The molecule has 3 heteroatoms. The topological polar surface area (TPSA) is 26.0 Å². The minimum Gasteiger partial charge on any atom is -0.320 e. The smallest absolute Gasteiger partial charge is 0.0701 e. The van der Waals surface area contributed by atoms with Gasteiger partial charge in [-0.2, -0.15) is 0 Å². The van der Waals surface area contributed by atoms with E-state index in [0.717, 1.165) is 3.79 Å². The fourth-order valence-corrected chi connectivity index (χ4v) is 2.99. The number of aryl methyl sites for hydroxylation is 1. The molecule has 0 bridgehead atoms. The normalized spacial score (nSPS) is 12.8. The molecular formula is C13H14BrNS. The minimum atomic E-state index is -0.0255. The van der Waals surface area contributed by atoms with Gasteiger partial charge < -0.3 is 5.73 Å². The van der Waals surface area contributed by atoms with Gasteiger partial charge in [-0.1, -0.05) is 18.2 Å². The zero-order chi connectivity index (χ0) is 11.7. The second-order valence-electron chi connectivity index (χ2n) is 3.95. The lowest BCUT2D eigenvalue weighted by molar-refractivity contribution is 0.863. The summed E-state index contributed by atoms with van der Waals surface area (Å²) in [6.45, 7) is 4.25. The van der Waals surface area contributed by atoms with Crippen LogP contribution in [0, 0.1) is 13.8 Å². The maximum Gasteiger partial charge on any atom is 0.0701 e. The standard InChI is InChI=1S/C13H14BrNS/c1-8-4-3-5-11(9(8)2)13(15)10-6-12(14)16-7-10/h3-7,13H,15H2,1-2H3. The third-order valence-electron chi connectivity index (χ3n) is 2.93. The molecule has 0 fully saturated rings. The van der Waals surface area contributed by atoms with Gasteiger partial charge in [-0.15, -0.1) is 11.3 Å². The Kier molecular flexibility index (Phi) is 3.47. The van der Waals surface area contributed by atoms with Crippen LogP contribution in [0.15, 0.2) is 33.4 Å².